The minimum absolute atomic E-state index is 0.110. The maximum absolute atomic E-state index is 6.34. The van der Waals surface area contributed by atoms with Crippen molar-refractivity contribution < 1.29 is 4.74 Å². The molecule has 2 N–H and O–H groups in total. The standard InChI is InChI=1S/C14H20ClNO/c1-10-5-6-11(9-12(10)15)13(16)14(2)7-3-4-8-17-14/h5-6,9,13H,3-4,7-8,16H2,1-2H3. The molecule has 1 aliphatic rings. The summed E-state index contributed by atoms with van der Waals surface area (Å²) in [5.41, 5.74) is 8.23. The summed E-state index contributed by atoms with van der Waals surface area (Å²) in [5, 5.41) is 0.775. The van der Waals surface area contributed by atoms with Gasteiger partial charge in [-0.05, 0) is 50.3 Å². The molecule has 1 fully saturated rings. The summed E-state index contributed by atoms with van der Waals surface area (Å²) in [6.45, 7) is 4.91. The number of ether oxygens (including phenoxy) is 1. The molecule has 0 aromatic heterocycles. The minimum atomic E-state index is -0.253. The molecule has 0 aliphatic carbocycles. The number of benzene rings is 1. The highest BCUT2D eigenvalue weighted by Crippen LogP contribution is 2.35. The summed E-state index contributed by atoms with van der Waals surface area (Å²) < 4.78 is 5.88. The van der Waals surface area contributed by atoms with E-state index in [-0.39, 0.29) is 11.6 Å². The predicted octanol–water partition coefficient (Wildman–Crippen LogP) is 3.61. The van der Waals surface area contributed by atoms with Crippen LogP contribution in [0.2, 0.25) is 5.02 Å². The van der Waals surface area contributed by atoms with Gasteiger partial charge < -0.3 is 10.5 Å². The van der Waals surface area contributed by atoms with Crippen LogP contribution >= 0.6 is 11.6 Å². The third kappa shape index (κ3) is 2.65. The molecule has 17 heavy (non-hydrogen) atoms. The van der Waals surface area contributed by atoms with Gasteiger partial charge in [0.05, 0.1) is 11.6 Å². The van der Waals surface area contributed by atoms with Crippen LogP contribution in [0.3, 0.4) is 0 Å². The first kappa shape index (κ1) is 12.9. The van der Waals surface area contributed by atoms with E-state index in [1.54, 1.807) is 0 Å². The van der Waals surface area contributed by atoms with Gasteiger partial charge in [0.25, 0.3) is 0 Å². The van der Waals surface area contributed by atoms with Crippen LogP contribution in [0, 0.1) is 6.92 Å². The highest BCUT2D eigenvalue weighted by molar-refractivity contribution is 6.31. The molecule has 0 amide bonds. The van der Waals surface area contributed by atoms with Gasteiger partial charge in [-0.15, -0.1) is 0 Å². The monoisotopic (exact) mass is 253 g/mol. The van der Waals surface area contributed by atoms with Crippen LogP contribution in [-0.2, 0) is 4.74 Å². The largest absolute Gasteiger partial charge is 0.373 e. The molecule has 1 aliphatic heterocycles. The Morgan fingerprint density at radius 1 is 1.41 bits per heavy atom. The fourth-order valence-corrected chi connectivity index (χ4v) is 2.54. The Labute approximate surface area is 108 Å². The Bertz CT molecular complexity index is 399. The number of hydrogen-bond acceptors (Lipinski definition) is 2. The molecule has 2 atom stereocenters. The summed E-state index contributed by atoms with van der Waals surface area (Å²) in [5.74, 6) is 0. The molecule has 2 rings (SSSR count). The Kier molecular flexibility index (Phi) is 3.76. The molecular formula is C14H20ClNO. The molecule has 2 nitrogen and oxygen atoms in total. The third-order valence-corrected chi connectivity index (χ3v) is 4.12. The van der Waals surface area contributed by atoms with Crippen molar-refractivity contribution in [2.24, 2.45) is 5.73 Å². The van der Waals surface area contributed by atoms with E-state index in [4.69, 9.17) is 22.1 Å². The Balaban J connectivity index is 2.23. The summed E-state index contributed by atoms with van der Waals surface area (Å²) in [4.78, 5) is 0. The van der Waals surface area contributed by atoms with E-state index in [0.29, 0.717) is 0 Å². The first-order valence-corrected chi connectivity index (χ1v) is 6.56. The van der Waals surface area contributed by atoms with E-state index in [1.807, 2.05) is 19.1 Å². The lowest BCUT2D eigenvalue weighted by atomic mass is 9.84. The Morgan fingerprint density at radius 2 is 2.18 bits per heavy atom. The highest BCUT2D eigenvalue weighted by atomic mass is 35.5. The van der Waals surface area contributed by atoms with Crippen LogP contribution < -0.4 is 5.73 Å². The van der Waals surface area contributed by atoms with E-state index < -0.39 is 0 Å². The van der Waals surface area contributed by atoms with Crippen LogP contribution in [0.5, 0.6) is 0 Å². The van der Waals surface area contributed by atoms with Crippen molar-refractivity contribution in [2.75, 3.05) is 6.61 Å². The SMILES string of the molecule is Cc1ccc(C(N)C2(C)CCCCO2)cc1Cl. The zero-order valence-electron chi connectivity index (χ0n) is 10.5. The zero-order valence-corrected chi connectivity index (χ0v) is 11.3. The number of aryl methyl sites for hydroxylation is 1. The molecule has 0 bridgehead atoms. The van der Waals surface area contributed by atoms with Crippen LogP contribution in [0.4, 0.5) is 0 Å². The number of halogens is 1. The van der Waals surface area contributed by atoms with Gasteiger partial charge in [-0.3, -0.25) is 0 Å². The summed E-state index contributed by atoms with van der Waals surface area (Å²) >= 11 is 6.15. The van der Waals surface area contributed by atoms with Gasteiger partial charge in [0.1, 0.15) is 0 Å². The lowest BCUT2D eigenvalue weighted by molar-refractivity contribution is -0.0820. The Hall–Kier alpha value is -0.570. The summed E-state index contributed by atoms with van der Waals surface area (Å²) in [7, 11) is 0. The highest BCUT2D eigenvalue weighted by Gasteiger charge is 2.35. The van der Waals surface area contributed by atoms with E-state index in [2.05, 4.69) is 13.0 Å². The second-order valence-electron chi connectivity index (χ2n) is 5.10. The molecule has 0 saturated carbocycles. The lowest BCUT2D eigenvalue weighted by Crippen LogP contribution is -2.43. The number of hydrogen-bond donors (Lipinski definition) is 1. The molecule has 0 radical (unpaired) electrons. The van der Waals surface area contributed by atoms with Crippen LogP contribution in [0.1, 0.15) is 43.4 Å². The van der Waals surface area contributed by atoms with Crippen LogP contribution in [0.15, 0.2) is 18.2 Å². The van der Waals surface area contributed by atoms with Gasteiger partial charge in [0.2, 0.25) is 0 Å². The maximum Gasteiger partial charge on any atom is 0.0846 e. The van der Waals surface area contributed by atoms with E-state index >= 15 is 0 Å². The molecule has 0 spiro atoms. The molecule has 1 heterocycles. The minimum Gasteiger partial charge on any atom is -0.373 e. The number of rotatable bonds is 2. The van der Waals surface area contributed by atoms with Crippen molar-refractivity contribution in [2.45, 2.75) is 44.8 Å². The second kappa shape index (κ2) is 4.97. The van der Waals surface area contributed by atoms with Crippen LogP contribution in [-0.4, -0.2) is 12.2 Å². The van der Waals surface area contributed by atoms with Gasteiger partial charge in [0.15, 0.2) is 0 Å². The van der Waals surface area contributed by atoms with E-state index in [0.717, 1.165) is 35.6 Å². The predicted molar refractivity (Wildman–Crippen MR) is 71.3 cm³/mol. The number of nitrogens with two attached hydrogens (primary N) is 1. The van der Waals surface area contributed by atoms with Crippen molar-refractivity contribution in [3.8, 4) is 0 Å². The van der Waals surface area contributed by atoms with Crippen molar-refractivity contribution in [1.29, 1.82) is 0 Å². The molecule has 3 heteroatoms. The summed E-state index contributed by atoms with van der Waals surface area (Å²) in [6, 6.07) is 5.92. The lowest BCUT2D eigenvalue weighted by Gasteiger charge is -2.39. The van der Waals surface area contributed by atoms with Crippen molar-refractivity contribution in [3.63, 3.8) is 0 Å². The molecule has 1 aromatic carbocycles. The molecule has 2 unspecified atom stereocenters. The van der Waals surface area contributed by atoms with Gasteiger partial charge in [-0.25, -0.2) is 0 Å². The van der Waals surface area contributed by atoms with E-state index in [1.165, 1.54) is 6.42 Å². The average Bonchev–Trinajstić information content (AvgIpc) is 2.33. The molecule has 1 saturated heterocycles. The smallest absolute Gasteiger partial charge is 0.0846 e. The van der Waals surface area contributed by atoms with Gasteiger partial charge in [0, 0.05) is 11.6 Å². The van der Waals surface area contributed by atoms with Crippen molar-refractivity contribution >= 4 is 11.6 Å². The van der Waals surface area contributed by atoms with Gasteiger partial charge in [-0.2, -0.15) is 0 Å². The normalized spacial score (nSPS) is 26.8. The fourth-order valence-electron chi connectivity index (χ4n) is 2.36. The van der Waals surface area contributed by atoms with Crippen molar-refractivity contribution in [3.05, 3.63) is 34.3 Å². The second-order valence-corrected chi connectivity index (χ2v) is 5.51. The Morgan fingerprint density at radius 3 is 2.76 bits per heavy atom. The van der Waals surface area contributed by atoms with Crippen LogP contribution in [0.25, 0.3) is 0 Å². The summed E-state index contributed by atoms with van der Waals surface area (Å²) in [6.07, 6.45) is 3.33. The maximum atomic E-state index is 6.34. The van der Waals surface area contributed by atoms with Gasteiger partial charge in [-0.1, -0.05) is 23.7 Å². The quantitative estimate of drug-likeness (QED) is 0.874. The van der Waals surface area contributed by atoms with E-state index in [9.17, 15) is 0 Å². The molecular weight excluding hydrogens is 234 g/mol. The fraction of sp³-hybridized carbons (Fsp3) is 0.571. The topological polar surface area (TPSA) is 35.2 Å². The average molecular weight is 254 g/mol. The van der Waals surface area contributed by atoms with Crippen molar-refractivity contribution in [1.82, 2.24) is 0 Å². The molecule has 94 valence electrons. The molecule has 1 aromatic rings. The third-order valence-electron chi connectivity index (χ3n) is 3.71. The first-order valence-electron chi connectivity index (χ1n) is 6.18. The van der Waals surface area contributed by atoms with Gasteiger partial charge >= 0.3 is 0 Å². The first-order chi connectivity index (χ1) is 8.03. The zero-order chi connectivity index (χ0) is 12.5.